The summed E-state index contributed by atoms with van der Waals surface area (Å²) in [6.45, 7) is 4.46. The molecule has 0 radical (unpaired) electrons. The molecule has 1 rings (SSSR count). The molecule has 0 fully saturated rings. The number of aromatic nitrogens is 1. The Balaban J connectivity index is 0.00000225. The molecule has 92 valence electrons. The van der Waals surface area contributed by atoms with E-state index in [1.165, 1.54) is 0 Å². The van der Waals surface area contributed by atoms with Gasteiger partial charge >= 0.3 is 0 Å². The Labute approximate surface area is 101 Å². The van der Waals surface area contributed by atoms with E-state index in [1.54, 1.807) is 0 Å². The molecule has 1 amide bonds. The number of aryl methyl sites for hydroxylation is 2. The number of nitrogens with zero attached hydrogens (tertiary/aromatic N) is 1. The van der Waals surface area contributed by atoms with Gasteiger partial charge in [-0.05, 0) is 6.42 Å². The summed E-state index contributed by atoms with van der Waals surface area (Å²) in [4.78, 5) is 11.0. The number of amides is 1. The molecule has 0 aliphatic heterocycles. The first-order valence-electron chi connectivity index (χ1n) is 5.15. The molecule has 5 nitrogen and oxygen atoms in total. The van der Waals surface area contributed by atoms with Gasteiger partial charge in [-0.2, -0.15) is 0 Å². The van der Waals surface area contributed by atoms with E-state index in [2.05, 4.69) is 10.5 Å². The van der Waals surface area contributed by atoms with Crippen LogP contribution in [0.1, 0.15) is 30.9 Å². The van der Waals surface area contributed by atoms with Crippen molar-refractivity contribution in [3.8, 4) is 0 Å². The maximum atomic E-state index is 11.0. The van der Waals surface area contributed by atoms with Crippen molar-refractivity contribution in [3.63, 3.8) is 0 Å². The second-order valence-corrected chi connectivity index (χ2v) is 3.22. The molecule has 0 aliphatic rings. The molecule has 0 saturated carbocycles. The maximum Gasteiger partial charge on any atom is 0.234 e. The molecule has 0 saturated heterocycles. The van der Waals surface area contributed by atoms with Gasteiger partial charge in [0, 0.05) is 18.5 Å². The minimum atomic E-state index is -0.166. The van der Waals surface area contributed by atoms with Crippen molar-refractivity contribution >= 4 is 18.3 Å². The first-order valence-corrected chi connectivity index (χ1v) is 5.15. The summed E-state index contributed by atoms with van der Waals surface area (Å²) in [5, 5.41) is 6.67. The third-order valence-electron chi connectivity index (χ3n) is 2.25. The minimum absolute atomic E-state index is 0. The summed E-state index contributed by atoms with van der Waals surface area (Å²) in [6.07, 6.45) is 1.58. The first-order chi connectivity index (χ1) is 7.22. The van der Waals surface area contributed by atoms with Gasteiger partial charge < -0.3 is 15.6 Å². The highest BCUT2D eigenvalue weighted by molar-refractivity contribution is 5.85. The number of nitrogens with two attached hydrogens (primary N) is 1. The fourth-order valence-corrected chi connectivity index (χ4v) is 1.40. The van der Waals surface area contributed by atoms with Crippen LogP contribution in [0.3, 0.4) is 0 Å². The lowest BCUT2D eigenvalue weighted by Gasteiger charge is -2.03. The third kappa shape index (κ3) is 3.50. The second-order valence-electron chi connectivity index (χ2n) is 3.22. The van der Waals surface area contributed by atoms with Crippen LogP contribution in [-0.4, -0.2) is 17.6 Å². The van der Waals surface area contributed by atoms with Crippen LogP contribution < -0.4 is 11.1 Å². The van der Waals surface area contributed by atoms with Crippen LogP contribution >= 0.6 is 12.4 Å². The fraction of sp³-hybridized carbons (Fsp3) is 0.600. The monoisotopic (exact) mass is 247 g/mol. The van der Waals surface area contributed by atoms with E-state index in [0.29, 0.717) is 6.54 Å². The molecule has 0 bridgehead atoms. The summed E-state index contributed by atoms with van der Waals surface area (Å²) in [5.74, 6) is 0.671. The number of carbonyl (C=O) groups is 1. The van der Waals surface area contributed by atoms with E-state index in [1.807, 2.05) is 13.8 Å². The van der Waals surface area contributed by atoms with Crippen molar-refractivity contribution in [2.24, 2.45) is 5.73 Å². The predicted octanol–water partition coefficient (Wildman–Crippen LogP) is 0.796. The average Bonchev–Trinajstić information content (AvgIpc) is 2.67. The van der Waals surface area contributed by atoms with Crippen molar-refractivity contribution in [3.05, 3.63) is 17.0 Å². The Morgan fingerprint density at radius 2 is 2.12 bits per heavy atom. The van der Waals surface area contributed by atoms with Crippen LogP contribution in [-0.2, 0) is 24.2 Å². The maximum absolute atomic E-state index is 11.0. The van der Waals surface area contributed by atoms with Crippen LogP contribution in [0, 0.1) is 0 Å². The Morgan fingerprint density at radius 3 is 2.62 bits per heavy atom. The summed E-state index contributed by atoms with van der Waals surface area (Å²) in [6, 6.07) is 0. The topological polar surface area (TPSA) is 81.2 Å². The molecule has 0 atom stereocenters. The molecule has 3 N–H and O–H groups in total. The predicted molar refractivity (Wildman–Crippen MR) is 63.4 cm³/mol. The van der Waals surface area contributed by atoms with Gasteiger partial charge in [0.05, 0.1) is 12.2 Å². The lowest BCUT2D eigenvalue weighted by Crippen LogP contribution is -2.30. The van der Waals surface area contributed by atoms with Gasteiger partial charge in [-0.15, -0.1) is 12.4 Å². The Morgan fingerprint density at radius 1 is 1.44 bits per heavy atom. The van der Waals surface area contributed by atoms with Crippen LogP contribution in [0.25, 0.3) is 0 Å². The molecule has 16 heavy (non-hydrogen) atoms. The number of hydrogen-bond donors (Lipinski definition) is 2. The molecule has 0 aliphatic carbocycles. The Hall–Kier alpha value is -1.07. The molecule has 6 heteroatoms. The van der Waals surface area contributed by atoms with E-state index in [4.69, 9.17) is 10.3 Å². The summed E-state index contributed by atoms with van der Waals surface area (Å²) in [7, 11) is 0. The van der Waals surface area contributed by atoms with Gasteiger partial charge in [-0.3, -0.25) is 4.79 Å². The van der Waals surface area contributed by atoms with Crippen LogP contribution in [0.5, 0.6) is 0 Å². The SMILES string of the molecule is CCc1noc(CC)c1CNC(=O)CN.Cl. The van der Waals surface area contributed by atoms with Crippen molar-refractivity contribution in [1.82, 2.24) is 10.5 Å². The number of nitrogens with one attached hydrogen (secondary N) is 1. The van der Waals surface area contributed by atoms with Gasteiger partial charge in [0.15, 0.2) is 0 Å². The van der Waals surface area contributed by atoms with Gasteiger partial charge in [0.2, 0.25) is 5.91 Å². The van der Waals surface area contributed by atoms with Crippen molar-refractivity contribution in [2.45, 2.75) is 33.2 Å². The molecule has 0 aromatic carbocycles. The molecular formula is C10H18ClN3O2. The Kier molecular flexibility index (Phi) is 6.76. The van der Waals surface area contributed by atoms with E-state index < -0.39 is 0 Å². The third-order valence-corrected chi connectivity index (χ3v) is 2.25. The molecule has 0 unspecified atom stereocenters. The number of rotatable bonds is 5. The van der Waals surface area contributed by atoms with Crippen molar-refractivity contribution in [2.75, 3.05) is 6.54 Å². The second kappa shape index (κ2) is 7.24. The number of carbonyl (C=O) groups excluding carboxylic acids is 1. The summed E-state index contributed by atoms with van der Waals surface area (Å²) < 4.78 is 5.17. The highest BCUT2D eigenvalue weighted by Gasteiger charge is 2.13. The van der Waals surface area contributed by atoms with Gasteiger partial charge in [-0.25, -0.2) is 0 Å². The highest BCUT2D eigenvalue weighted by Crippen LogP contribution is 2.15. The normalized spacial score (nSPS) is 9.69. The summed E-state index contributed by atoms with van der Waals surface area (Å²) >= 11 is 0. The molecule has 0 spiro atoms. The standard InChI is InChI=1S/C10H17N3O2.ClH/c1-3-8-7(6-12-10(14)5-11)9(4-2)15-13-8;/h3-6,11H2,1-2H3,(H,12,14);1H. The molecule has 1 aromatic rings. The van der Waals surface area contributed by atoms with Gasteiger partial charge in [-0.1, -0.05) is 19.0 Å². The zero-order chi connectivity index (χ0) is 11.3. The molecular weight excluding hydrogens is 230 g/mol. The quantitative estimate of drug-likeness (QED) is 0.806. The lowest BCUT2D eigenvalue weighted by atomic mass is 10.1. The van der Waals surface area contributed by atoms with Crippen LogP contribution in [0.4, 0.5) is 0 Å². The lowest BCUT2D eigenvalue weighted by molar-refractivity contribution is -0.119. The van der Waals surface area contributed by atoms with E-state index in [9.17, 15) is 4.79 Å². The number of hydrogen-bond acceptors (Lipinski definition) is 4. The average molecular weight is 248 g/mol. The van der Waals surface area contributed by atoms with Crippen molar-refractivity contribution in [1.29, 1.82) is 0 Å². The Bertz CT molecular complexity index is 317. The van der Waals surface area contributed by atoms with Crippen LogP contribution in [0.15, 0.2) is 4.52 Å². The first kappa shape index (κ1) is 14.9. The van der Waals surface area contributed by atoms with Gasteiger partial charge in [0.1, 0.15) is 5.76 Å². The van der Waals surface area contributed by atoms with E-state index in [-0.39, 0.29) is 24.9 Å². The number of halogens is 1. The molecule has 1 aromatic heterocycles. The largest absolute Gasteiger partial charge is 0.361 e. The van der Waals surface area contributed by atoms with E-state index in [0.717, 1.165) is 29.9 Å². The smallest absolute Gasteiger partial charge is 0.234 e. The van der Waals surface area contributed by atoms with E-state index >= 15 is 0 Å². The highest BCUT2D eigenvalue weighted by atomic mass is 35.5. The molecule has 1 heterocycles. The summed E-state index contributed by atoms with van der Waals surface area (Å²) in [5.41, 5.74) is 7.10. The zero-order valence-corrected chi connectivity index (χ0v) is 10.4. The zero-order valence-electron chi connectivity index (χ0n) is 9.58. The van der Waals surface area contributed by atoms with Crippen LogP contribution in [0.2, 0.25) is 0 Å². The van der Waals surface area contributed by atoms with Gasteiger partial charge in [0.25, 0.3) is 0 Å². The fourth-order valence-electron chi connectivity index (χ4n) is 1.40. The van der Waals surface area contributed by atoms with Crippen molar-refractivity contribution < 1.29 is 9.32 Å². The minimum Gasteiger partial charge on any atom is -0.361 e.